The fourth-order valence-electron chi connectivity index (χ4n) is 2.48. The van der Waals surface area contributed by atoms with Crippen LogP contribution in [0.15, 0.2) is 24.3 Å². The van der Waals surface area contributed by atoms with E-state index in [0.29, 0.717) is 6.54 Å². The van der Waals surface area contributed by atoms with Gasteiger partial charge in [0.15, 0.2) is 0 Å². The minimum absolute atomic E-state index is 0.151. The molecule has 0 spiro atoms. The molecule has 0 amide bonds. The lowest BCUT2D eigenvalue weighted by atomic mass is 9.67. The number of hydrogen-bond donors (Lipinski definition) is 2. The van der Waals surface area contributed by atoms with E-state index >= 15 is 0 Å². The highest BCUT2D eigenvalue weighted by Crippen LogP contribution is 2.43. The number of fused-ring (bicyclic) bond motifs is 1. The van der Waals surface area contributed by atoms with Crippen molar-refractivity contribution in [2.45, 2.75) is 37.7 Å². The predicted octanol–water partition coefficient (Wildman–Crippen LogP) is 1.90. The Balaban J connectivity index is 2.59. The molecule has 2 rings (SSSR count). The summed E-state index contributed by atoms with van der Waals surface area (Å²) in [7, 11) is 0. The number of rotatable bonds is 1. The van der Waals surface area contributed by atoms with Crippen LogP contribution in [0.5, 0.6) is 0 Å². The molecule has 1 atom stereocenters. The molecule has 82 valence electrons. The molecule has 1 aliphatic rings. The number of aliphatic hydroxyl groups is 1. The molecule has 0 bridgehead atoms. The van der Waals surface area contributed by atoms with E-state index in [2.05, 4.69) is 19.9 Å². The van der Waals surface area contributed by atoms with Gasteiger partial charge in [0.1, 0.15) is 5.60 Å². The van der Waals surface area contributed by atoms with Gasteiger partial charge < -0.3 is 10.8 Å². The van der Waals surface area contributed by atoms with Gasteiger partial charge in [-0.1, -0.05) is 38.1 Å². The van der Waals surface area contributed by atoms with Crippen LogP contribution in [0, 0.1) is 0 Å². The zero-order valence-electron chi connectivity index (χ0n) is 9.46. The normalized spacial score (nSPS) is 28.5. The standard InChI is InChI=1S/C13H19NO/c1-12(2)7-8-13(15,9-14)11-6-4-3-5-10(11)12/h3-6,15H,7-9,14H2,1-2H3. The third-order valence-electron chi connectivity index (χ3n) is 3.66. The lowest BCUT2D eigenvalue weighted by Crippen LogP contribution is -2.42. The maximum atomic E-state index is 10.4. The van der Waals surface area contributed by atoms with Crippen molar-refractivity contribution in [1.82, 2.24) is 0 Å². The Morgan fingerprint density at radius 2 is 1.80 bits per heavy atom. The van der Waals surface area contributed by atoms with E-state index in [4.69, 9.17) is 5.73 Å². The number of benzene rings is 1. The fraction of sp³-hybridized carbons (Fsp3) is 0.538. The van der Waals surface area contributed by atoms with Gasteiger partial charge in [-0.25, -0.2) is 0 Å². The van der Waals surface area contributed by atoms with Crippen LogP contribution in [0.2, 0.25) is 0 Å². The third kappa shape index (κ3) is 1.58. The first kappa shape index (κ1) is 10.7. The summed E-state index contributed by atoms with van der Waals surface area (Å²) in [5, 5.41) is 10.4. The van der Waals surface area contributed by atoms with Crippen LogP contribution >= 0.6 is 0 Å². The van der Waals surface area contributed by atoms with Crippen molar-refractivity contribution in [3.63, 3.8) is 0 Å². The second-order valence-electron chi connectivity index (χ2n) is 5.17. The molecule has 0 aromatic heterocycles. The molecule has 0 heterocycles. The summed E-state index contributed by atoms with van der Waals surface area (Å²) in [4.78, 5) is 0. The molecule has 0 fully saturated rings. The Morgan fingerprint density at radius 1 is 1.20 bits per heavy atom. The molecule has 15 heavy (non-hydrogen) atoms. The van der Waals surface area contributed by atoms with E-state index in [9.17, 15) is 5.11 Å². The van der Waals surface area contributed by atoms with Crippen molar-refractivity contribution in [1.29, 1.82) is 0 Å². The monoisotopic (exact) mass is 205 g/mol. The summed E-state index contributed by atoms with van der Waals surface area (Å²) in [5.74, 6) is 0. The first-order valence-electron chi connectivity index (χ1n) is 5.52. The van der Waals surface area contributed by atoms with E-state index in [1.54, 1.807) is 0 Å². The Kier molecular flexibility index (Phi) is 2.36. The van der Waals surface area contributed by atoms with Gasteiger partial charge in [-0.2, -0.15) is 0 Å². The maximum absolute atomic E-state index is 10.4. The quantitative estimate of drug-likeness (QED) is 0.735. The van der Waals surface area contributed by atoms with Gasteiger partial charge in [-0.3, -0.25) is 0 Å². The lowest BCUT2D eigenvalue weighted by Gasteiger charge is -2.41. The molecule has 2 nitrogen and oxygen atoms in total. The second-order valence-corrected chi connectivity index (χ2v) is 5.17. The molecule has 1 aromatic carbocycles. The van der Waals surface area contributed by atoms with Crippen LogP contribution in [-0.4, -0.2) is 11.7 Å². The molecule has 2 heteroatoms. The zero-order valence-corrected chi connectivity index (χ0v) is 9.46. The SMILES string of the molecule is CC1(C)CCC(O)(CN)c2ccccc21. The summed E-state index contributed by atoms with van der Waals surface area (Å²) in [6.07, 6.45) is 1.74. The van der Waals surface area contributed by atoms with Crippen LogP contribution < -0.4 is 5.73 Å². The molecule has 0 saturated heterocycles. The highest BCUT2D eigenvalue weighted by molar-refractivity contribution is 5.40. The van der Waals surface area contributed by atoms with Gasteiger partial charge in [0, 0.05) is 6.54 Å². The van der Waals surface area contributed by atoms with Crippen molar-refractivity contribution in [2.75, 3.05) is 6.54 Å². The summed E-state index contributed by atoms with van der Waals surface area (Å²) < 4.78 is 0. The Bertz CT molecular complexity index is 373. The average Bonchev–Trinajstić information content (AvgIpc) is 2.25. The Morgan fingerprint density at radius 3 is 2.40 bits per heavy atom. The molecular formula is C13H19NO. The first-order valence-corrected chi connectivity index (χ1v) is 5.52. The van der Waals surface area contributed by atoms with Gasteiger partial charge >= 0.3 is 0 Å². The minimum atomic E-state index is -0.813. The van der Waals surface area contributed by atoms with E-state index < -0.39 is 5.60 Å². The number of hydrogen-bond acceptors (Lipinski definition) is 2. The smallest absolute Gasteiger partial charge is 0.102 e. The molecule has 0 aliphatic heterocycles. The van der Waals surface area contributed by atoms with Crippen molar-refractivity contribution in [3.8, 4) is 0 Å². The van der Waals surface area contributed by atoms with E-state index in [1.165, 1.54) is 5.56 Å². The van der Waals surface area contributed by atoms with Crippen LogP contribution in [0.4, 0.5) is 0 Å². The van der Waals surface area contributed by atoms with Crippen LogP contribution in [-0.2, 0) is 11.0 Å². The molecular weight excluding hydrogens is 186 g/mol. The predicted molar refractivity (Wildman–Crippen MR) is 61.7 cm³/mol. The molecule has 0 radical (unpaired) electrons. The lowest BCUT2D eigenvalue weighted by molar-refractivity contribution is 0.0176. The maximum Gasteiger partial charge on any atom is 0.102 e. The van der Waals surface area contributed by atoms with Crippen LogP contribution in [0.1, 0.15) is 37.8 Å². The Labute approximate surface area is 91.1 Å². The van der Waals surface area contributed by atoms with Crippen molar-refractivity contribution < 1.29 is 5.11 Å². The summed E-state index contributed by atoms with van der Waals surface area (Å²) >= 11 is 0. The second kappa shape index (κ2) is 3.32. The highest BCUT2D eigenvalue weighted by atomic mass is 16.3. The van der Waals surface area contributed by atoms with Crippen LogP contribution in [0.3, 0.4) is 0 Å². The molecule has 3 N–H and O–H groups in total. The zero-order chi connectivity index (χ0) is 11.1. The summed E-state index contributed by atoms with van der Waals surface area (Å²) in [6, 6.07) is 8.11. The van der Waals surface area contributed by atoms with E-state index in [-0.39, 0.29) is 5.41 Å². The molecule has 1 aromatic rings. The van der Waals surface area contributed by atoms with Gasteiger partial charge in [0.2, 0.25) is 0 Å². The van der Waals surface area contributed by atoms with Crippen molar-refractivity contribution in [2.24, 2.45) is 5.73 Å². The van der Waals surface area contributed by atoms with Gasteiger partial charge in [0.05, 0.1) is 0 Å². The average molecular weight is 205 g/mol. The minimum Gasteiger partial charge on any atom is -0.384 e. The molecule has 0 saturated carbocycles. The van der Waals surface area contributed by atoms with Gasteiger partial charge in [-0.05, 0) is 29.4 Å². The number of nitrogens with two attached hydrogens (primary N) is 1. The van der Waals surface area contributed by atoms with Crippen molar-refractivity contribution >= 4 is 0 Å². The third-order valence-corrected chi connectivity index (χ3v) is 3.66. The van der Waals surface area contributed by atoms with Gasteiger partial charge in [-0.15, -0.1) is 0 Å². The highest BCUT2D eigenvalue weighted by Gasteiger charge is 2.40. The van der Waals surface area contributed by atoms with Crippen LogP contribution in [0.25, 0.3) is 0 Å². The topological polar surface area (TPSA) is 46.2 Å². The summed E-state index contributed by atoms with van der Waals surface area (Å²) in [6.45, 7) is 4.75. The van der Waals surface area contributed by atoms with E-state index in [1.807, 2.05) is 18.2 Å². The van der Waals surface area contributed by atoms with Crippen molar-refractivity contribution in [3.05, 3.63) is 35.4 Å². The fourth-order valence-corrected chi connectivity index (χ4v) is 2.48. The Hall–Kier alpha value is -0.860. The largest absolute Gasteiger partial charge is 0.384 e. The summed E-state index contributed by atoms with van der Waals surface area (Å²) in [5.41, 5.74) is 7.29. The van der Waals surface area contributed by atoms with Gasteiger partial charge in [0.25, 0.3) is 0 Å². The van der Waals surface area contributed by atoms with E-state index in [0.717, 1.165) is 18.4 Å². The molecule has 1 unspecified atom stereocenters. The first-order chi connectivity index (χ1) is 6.99. The molecule has 1 aliphatic carbocycles.